The van der Waals surface area contributed by atoms with Gasteiger partial charge in [-0.3, -0.25) is 4.79 Å². The molecule has 70 valence electrons. The Hall–Kier alpha value is -1.78. The Morgan fingerprint density at radius 1 is 1.62 bits per heavy atom. The van der Waals surface area contributed by atoms with Crippen LogP contribution in [-0.2, 0) is 0 Å². The van der Waals surface area contributed by atoms with E-state index in [9.17, 15) is 4.79 Å². The highest BCUT2D eigenvalue weighted by atomic mass is 16.5. The van der Waals surface area contributed by atoms with Crippen molar-refractivity contribution in [2.45, 2.75) is 0 Å². The summed E-state index contributed by atoms with van der Waals surface area (Å²) in [6.45, 7) is 0. The molecule has 0 spiro atoms. The molecule has 13 heavy (non-hydrogen) atoms. The average Bonchev–Trinajstić information content (AvgIpc) is 2.16. The first-order valence-corrected chi connectivity index (χ1v) is 3.71. The normalized spacial score (nSPS) is 9.38. The van der Waals surface area contributed by atoms with Gasteiger partial charge in [0.05, 0.1) is 7.11 Å². The third-order valence-corrected chi connectivity index (χ3v) is 1.57. The van der Waals surface area contributed by atoms with E-state index in [1.54, 1.807) is 12.1 Å². The molecule has 1 aromatic rings. The van der Waals surface area contributed by atoms with E-state index in [0.29, 0.717) is 5.75 Å². The van der Waals surface area contributed by atoms with Crippen LogP contribution in [-0.4, -0.2) is 25.0 Å². The number of methoxy groups -OCH3 is 1. The topological polar surface area (TPSA) is 77.2 Å². The molecule has 5 heteroatoms. The number of hydrogen-bond acceptors (Lipinski definition) is 4. The highest BCUT2D eigenvalue weighted by Crippen LogP contribution is 2.17. The minimum atomic E-state index is -0.269. The maximum absolute atomic E-state index is 11.1. The third-order valence-electron chi connectivity index (χ3n) is 1.57. The molecular weight excluding hydrogens is 170 g/mol. The second kappa shape index (κ2) is 3.75. The van der Waals surface area contributed by atoms with Crippen molar-refractivity contribution < 1.29 is 9.53 Å². The van der Waals surface area contributed by atoms with Gasteiger partial charge >= 0.3 is 0 Å². The Labute approximate surface area is 75.9 Å². The summed E-state index contributed by atoms with van der Waals surface area (Å²) in [6, 6.07) is 3.15. The molecule has 3 N–H and O–H groups in total. The van der Waals surface area contributed by atoms with Gasteiger partial charge < -0.3 is 15.8 Å². The van der Waals surface area contributed by atoms with Crippen LogP contribution in [0.25, 0.3) is 0 Å². The summed E-state index contributed by atoms with van der Waals surface area (Å²) in [5, 5.41) is 2.45. The molecule has 5 nitrogen and oxygen atoms in total. The molecule has 0 aliphatic heterocycles. The maximum Gasteiger partial charge on any atom is 0.269 e. The van der Waals surface area contributed by atoms with Gasteiger partial charge in [0.25, 0.3) is 5.91 Å². The van der Waals surface area contributed by atoms with Crippen molar-refractivity contribution in [3.63, 3.8) is 0 Å². The lowest BCUT2D eigenvalue weighted by atomic mass is 10.3. The lowest BCUT2D eigenvalue weighted by Gasteiger charge is -2.04. The molecule has 0 unspecified atom stereocenters. The number of nitrogens with two attached hydrogens (primary N) is 1. The van der Waals surface area contributed by atoms with E-state index in [4.69, 9.17) is 10.5 Å². The highest BCUT2D eigenvalue weighted by molar-refractivity contribution is 5.92. The predicted octanol–water partition coefficient (Wildman–Crippen LogP) is 0.0320. The van der Waals surface area contributed by atoms with Gasteiger partial charge in [0.1, 0.15) is 5.69 Å². The number of rotatable bonds is 2. The number of amides is 1. The summed E-state index contributed by atoms with van der Waals surface area (Å²) in [4.78, 5) is 15.0. The lowest BCUT2D eigenvalue weighted by Crippen LogP contribution is -2.19. The molecule has 0 aromatic carbocycles. The van der Waals surface area contributed by atoms with Gasteiger partial charge in [0.2, 0.25) is 0 Å². The monoisotopic (exact) mass is 181 g/mol. The number of hydrogen-bond donors (Lipinski definition) is 2. The molecule has 0 atom stereocenters. The summed E-state index contributed by atoms with van der Waals surface area (Å²) in [6.07, 6.45) is 0. The molecule has 1 heterocycles. The van der Waals surface area contributed by atoms with Crippen LogP contribution in [0.1, 0.15) is 10.5 Å². The minimum absolute atomic E-state index is 0.212. The van der Waals surface area contributed by atoms with Gasteiger partial charge in [0.15, 0.2) is 11.6 Å². The minimum Gasteiger partial charge on any atom is -0.493 e. The van der Waals surface area contributed by atoms with Crippen molar-refractivity contribution in [3.8, 4) is 5.75 Å². The van der Waals surface area contributed by atoms with Crippen molar-refractivity contribution in [1.29, 1.82) is 0 Å². The van der Waals surface area contributed by atoms with Crippen LogP contribution < -0.4 is 15.8 Å². The Balaban J connectivity index is 3.02. The number of pyridine rings is 1. The first kappa shape index (κ1) is 9.31. The summed E-state index contributed by atoms with van der Waals surface area (Å²) in [5.41, 5.74) is 5.79. The van der Waals surface area contributed by atoms with Crippen LogP contribution in [0.15, 0.2) is 12.1 Å². The highest BCUT2D eigenvalue weighted by Gasteiger charge is 2.07. The number of anilines is 1. The van der Waals surface area contributed by atoms with E-state index in [-0.39, 0.29) is 17.4 Å². The molecule has 0 bridgehead atoms. The van der Waals surface area contributed by atoms with E-state index < -0.39 is 0 Å². The van der Waals surface area contributed by atoms with Gasteiger partial charge in [-0.25, -0.2) is 4.98 Å². The Kier molecular flexibility index (Phi) is 2.69. The van der Waals surface area contributed by atoms with Crippen molar-refractivity contribution in [1.82, 2.24) is 10.3 Å². The quantitative estimate of drug-likeness (QED) is 0.674. The Bertz CT molecular complexity index is 325. The van der Waals surface area contributed by atoms with Crippen molar-refractivity contribution in [2.75, 3.05) is 19.9 Å². The van der Waals surface area contributed by atoms with Crippen LogP contribution >= 0.6 is 0 Å². The predicted molar refractivity (Wildman–Crippen MR) is 48.6 cm³/mol. The fourth-order valence-electron chi connectivity index (χ4n) is 0.889. The third kappa shape index (κ3) is 1.87. The number of aromatic nitrogens is 1. The second-order valence-electron chi connectivity index (χ2n) is 2.36. The molecule has 0 aliphatic rings. The van der Waals surface area contributed by atoms with Gasteiger partial charge in [0, 0.05) is 7.05 Å². The van der Waals surface area contributed by atoms with Crippen molar-refractivity contribution >= 4 is 11.7 Å². The molecule has 0 aliphatic carbocycles. The molecule has 0 saturated heterocycles. The fraction of sp³-hybridized carbons (Fsp3) is 0.250. The molecule has 1 rings (SSSR count). The Morgan fingerprint density at radius 3 is 2.77 bits per heavy atom. The van der Waals surface area contributed by atoms with Crippen LogP contribution in [0.4, 0.5) is 5.82 Å². The van der Waals surface area contributed by atoms with Gasteiger partial charge in [-0.05, 0) is 12.1 Å². The first-order chi connectivity index (χ1) is 6.19. The van der Waals surface area contributed by atoms with E-state index >= 15 is 0 Å². The lowest BCUT2D eigenvalue weighted by molar-refractivity contribution is 0.0958. The van der Waals surface area contributed by atoms with Crippen LogP contribution in [0.5, 0.6) is 5.75 Å². The smallest absolute Gasteiger partial charge is 0.269 e. The summed E-state index contributed by atoms with van der Waals surface area (Å²) >= 11 is 0. The van der Waals surface area contributed by atoms with Crippen LogP contribution in [0.2, 0.25) is 0 Å². The summed E-state index contributed by atoms with van der Waals surface area (Å²) in [5.74, 6) is 0.408. The molecule has 0 fully saturated rings. The SMILES string of the molecule is CNC(=O)c1ccc(OC)c(N)n1. The van der Waals surface area contributed by atoms with E-state index in [2.05, 4.69) is 10.3 Å². The summed E-state index contributed by atoms with van der Waals surface area (Å²) in [7, 11) is 3.03. The number of carbonyl (C=O) groups excluding carboxylic acids is 1. The average molecular weight is 181 g/mol. The first-order valence-electron chi connectivity index (χ1n) is 3.71. The standard InChI is InChI=1S/C8H11N3O2/c1-10-8(12)5-3-4-6(13-2)7(9)11-5/h3-4H,1-2H3,(H2,9,11)(H,10,12). The largest absolute Gasteiger partial charge is 0.493 e. The Morgan fingerprint density at radius 2 is 2.31 bits per heavy atom. The molecule has 1 amide bonds. The number of carbonyl (C=O) groups is 1. The zero-order valence-electron chi connectivity index (χ0n) is 7.50. The van der Waals surface area contributed by atoms with Gasteiger partial charge in [-0.2, -0.15) is 0 Å². The molecule has 0 saturated carbocycles. The molecular formula is C8H11N3O2. The fourth-order valence-corrected chi connectivity index (χ4v) is 0.889. The van der Waals surface area contributed by atoms with Gasteiger partial charge in [-0.1, -0.05) is 0 Å². The second-order valence-corrected chi connectivity index (χ2v) is 2.36. The number of ether oxygens (including phenoxy) is 1. The number of nitrogens with zero attached hydrogens (tertiary/aromatic N) is 1. The summed E-state index contributed by atoms with van der Waals surface area (Å²) < 4.78 is 4.89. The maximum atomic E-state index is 11.1. The van der Waals surface area contributed by atoms with Crippen molar-refractivity contribution in [3.05, 3.63) is 17.8 Å². The van der Waals surface area contributed by atoms with E-state index in [1.807, 2.05) is 0 Å². The van der Waals surface area contributed by atoms with Crippen molar-refractivity contribution in [2.24, 2.45) is 0 Å². The number of nitrogen functional groups attached to an aromatic ring is 1. The van der Waals surface area contributed by atoms with Crippen LogP contribution in [0.3, 0.4) is 0 Å². The van der Waals surface area contributed by atoms with E-state index in [0.717, 1.165) is 0 Å². The van der Waals surface area contributed by atoms with E-state index in [1.165, 1.54) is 14.2 Å². The number of nitrogens with one attached hydrogen (secondary N) is 1. The molecule has 0 radical (unpaired) electrons. The van der Waals surface area contributed by atoms with Gasteiger partial charge in [-0.15, -0.1) is 0 Å². The molecule has 1 aromatic heterocycles. The zero-order valence-corrected chi connectivity index (χ0v) is 7.50. The van der Waals surface area contributed by atoms with Crippen LogP contribution in [0, 0.1) is 0 Å². The zero-order chi connectivity index (χ0) is 9.84.